The van der Waals surface area contributed by atoms with Crippen molar-refractivity contribution in [1.82, 2.24) is 4.90 Å². The van der Waals surface area contributed by atoms with Crippen molar-refractivity contribution >= 4 is 40.9 Å². The van der Waals surface area contributed by atoms with Crippen molar-refractivity contribution in [3.8, 4) is 0 Å². The molecule has 1 aromatic rings. The summed E-state index contributed by atoms with van der Waals surface area (Å²) >= 11 is 7.37. The van der Waals surface area contributed by atoms with Gasteiger partial charge in [-0.15, -0.1) is 11.8 Å². The molecule has 3 rings (SSSR count). The number of anilines is 1. The monoisotopic (exact) mass is 354 g/mol. The average Bonchev–Trinajstić information content (AvgIpc) is 2.55. The van der Waals surface area contributed by atoms with Crippen LogP contribution in [0.15, 0.2) is 23.1 Å². The maximum Gasteiger partial charge on any atom is 0.238 e. The fourth-order valence-electron chi connectivity index (χ4n) is 2.89. The number of fused-ring (bicyclic) bond motifs is 1. The molecule has 1 unspecified atom stereocenters. The molecule has 124 valence electrons. The van der Waals surface area contributed by atoms with Gasteiger partial charge in [-0.3, -0.25) is 9.59 Å². The van der Waals surface area contributed by atoms with Gasteiger partial charge in [-0.1, -0.05) is 11.6 Å². The molecule has 1 N–H and O–H groups in total. The molecule has 7 heteroatoms. The van der Waals surface area contributed by atoms with Crippen molar-refractivity contribution < 1.29 is 14.3 Å². The number of hydrogen-bond acceptors (Lipinski definition) is 4. The van der Waals surface area contributed by atoms with Crippen LogP contribution < -0.4 is 5.32 Å². The number of likely N-dealkylation sites (tertiary alicyclic amines) is 1. The molecule has 1 saturated heterocycles. The number of nitrogens with one attached hydrogen (secondary N) is 1. The number of benzene rings is 1. The molecule has 23 heavy (non-hydrogen) atoms. The lowest BCUT2D eigenvalue weighted by Gasteiger charge is -2.32. The van der Waals surface area contributed by atoms with E-state index in [1.807, 2.05) is 11.0 Å². The normalized spacial score (nSPS) is 21.7. The van der Waals surface area contributed by atoms with Crippen molar-refractivity contribution in [2.45, 2.75) is 35.5 Å². The molecule has 1 atom stereocenters. The molecule has 0 radical (unpaired) electrons. The zero-order chi connectivity index (χ0) is 16.4. The van der Waals surface area contributed by atoms with Gasteiger partial charge < -0.3 is 15.0 Å². The fourth-order valence-corrected chi connectivity index (χ4v) is 4.14. The van der Waals surface area contributed by atoms with Crippen LogP contribution in [0.25, 0.3) is 0 Å². The minimum atomic E-state index is -0.392. The summed E-state index contributed by atoms with van der Waals surface area (Å²) in [6, 6.07) is 5.40. The lowest BCUT2D eigenvalue weighted by atomic mass is 10.1. The van der Waals surface area contributed by atoms with Crippen LogP contribution in [0.2, 0.25) is 5.02 Å². The molecule has 0 spiro atoms. The van der Waals surface area contributed by atoms with E-state index in [-0.39, 0.29) is 24.3 Å². The molecule has 0 saturated carbocycles. The van der Waals surface area contributed by atoms with Crippen molar-refractivity contribution in [3.63, 3.8) is 0 Å². The minimum Gasteiger partial charge on any atom is -0.381 e. The molecule has 0 bridgehead atoms. The van der Waals surface area contributed by atoms with E-state index in [4.69, 9.17) is 16.3 Å². The summed E-state index contributed by atoms with van der Waals surface area (Å²) in [5.74, 6) is -0.102. The van der Waals surface area contributed by atoms with Crippen LogP contribution in [0.1, 0.15) is 19.3 Å². The topological polar surface area (TPSA) is 58.6 Å². The molecule has 2 heterocycles. The highest BCUT2D eigenvalue weighted by Crippen LogP contribution is 2.38. The summed E-state index contributed by atoms with van der Waals surface area (Å²) in [6.45, 7) is 1.39. The second kappa shape index (κ2) is 7.11. The van der Waals surface area contributed by atoms with Gasteiger partial charge in [0.15, 0.2) is 0 Å². The van der Waals surface area contributed by atoms with Crippen molar-refractivity contribution in [3.05, 3.63) is 23.2 Å². The summed E-state index contributed by atoms with van der Waals surface area (Å²) in [4.78, 5) is 27.4. The second-order valence-electron chi connectivity index (χ2n) is 5.76. The quantitative estimate of drug-likeness (QED) is 0.906. The van der Waals surface area contributed by atoms with Gasteiger partial charge in [0.25, 0.3) is 0 Å². The second-order valence-corrected chi connectivity index (χ2v) is 7.44. The molecule has 2 amide bonds. The number of methoxy groups -OCH3 is 1. The Labute approximate surface area is 144 Å². The molecule has 1 fully saturated rings. The number of ether oxygens (including phenoxy) is 1. The number of halogens is 1. The largest absolute Gasteiger partial charge is 0.381 e. The Morgan fingerprint density at radius 2 is 2.17 bits per heavy atom. The van der Waals surface area contributed by atoms with Crippen LogP contribution in [0.5, 0.6) is 0 Å². The van der Waals surface area contributed by atoms with Gasteiger partial charge in [0, 0.05) is 36.5 Å². The summed E-state index contributed by atoms with van der Waals surface area (Å²) < 4.78 is 5.32. The molecular weight excluding hydrogens is 336 g/mol. The Kier molecular flexibility index (Phi) is 5.14. The number of nitrogens with zero attached hydrogens (tertiary/aromatic N) is 1. The van der Waals surface area contributed by atoms with E-state index in [0.717, 1.165) is 23.4 Å². The van der Waals surface area contributed by atoms with E-state index >= 15 is 0 Å². The molecule has 2 aliphatic rings. The maximum absolute atomic E-state index is 12.4. The van der Waals surface area contributed by atoms with Crippen LogP contribution in [-0.4, -0.2) is 48.3 Å². The Morgan fingerprint density at radius 1 is 1.43 bits per heavy atom. The zero-order valence-corrected chi connectivity index (χ0v) is 14.5. The highest BCUT2D eigenvalue weighted by molar-refractivity contribution is 8.01. The first kappa shape index (κ1) is 16.6. The zero-order valence-electron chi connectivity index (χ0n) is 12.9. The molecule has 5 nitrogen and oxygen atoms in total. The minimum absolute atomic E-state index is 0.0321. The van der Waals surface area contributed by atoms with Gasteiger partial charge >= 0.3 is 0 Å². The number of thioether (sulfide) groups is 1. The highest BCUT2D eigenvalue weighted by Gasteiger charge is 2.31. The van der Waals surface area contributed by atoms with Crippen LogP contribution in [-0.2, 0) is 14.3 Å². The van der Waals surface area contributed by atoms with Crippen molar-refractivity contribution in [2.75, 3.05) is 25.5 Å². The molecule has 0 aromatic heterocycles. The number of rotatable bonds is 3. The van der Waals surface area contributed by atoms with Crippen LogP contribution in [0, 0.1) is 0 Å². The first-order chi connectivity index (χ1) is 11.1. The summed E-state index contributed by atoms with van der Waals surface area (Å²) in [5.41, 5.74) is 0.720. The third kappa shape index (κ3) is 3.82. The van der Waals surface area contributed by atoms with Crippen molar-refractivity contribution in [1.29, 1.82) is 0 Å². The predicted molar refractivity (Wildman–Crippen MR) is 91.0 cm³/mol. The van der Waals surface area contributed by atoms with Crippen LogP contribution in [0.3, 0.4) is 0 Å². The number of carbonyl (C=O) groups is 2. The summed E-state index contributed by atoms with van der Waals surface area (Å²) in [7, 11) is 1.70. The maximum atomic E-state index is 12.4. The predicted octanol–water partition coefficient (Wildman–Crippen LogP) is 2.78. The van der Waals surface area contributed by atoms with E-state index in [0.29, 0.717) is 18.1 Å². The van der Waals surface area contributed by atoms with Crippen LogP contribution in [0.4, 0.5) is 5.69 Å². The van der Waals surface area contributed by atoms with Gasteiger partial charge in [-0.2, -0.15) is 0 Å². The fraction of sp³-hybridized carbons (Fsp3) is 0.500. The number of piperidine rings is 1. The highest BCUT2D eigenvalue weighted by atomic mass is 35.5. The van der Waals surface area contributed by atoms with Gasteiger partial charge in [-0.05, 0) is 31.0 Å². The first-order valence-corrected chi connectivity index (χ1v) is 8.90. The lowest BCUT2D eigenvalue weighted by molar-refractivity contribution is -0.134. The first-order valence-electron chi connectivity index (χ1n) is 7.64. The van der Waals surface area contributed by atoms with E-state index in [9.17, 15) is 9.59 Å². The number of carbonyl (C=O) groups excluding carboxylic acids is 2. The standard InChI is InChI=1S/C16H19ClN2O3S/c1-22-11-4-6-19(7-5-11)15(20)9-14-16(21)18-12-8-10(17)2-3-13(12)23-14/h2-3,8,11,14H,4-7,9H2,1H3,(H,18,21). The van der Waals surface area contributed by atoms with Gasteiger partial charge in [0.1, 0.15) is 0 Å². The average molecular weight is 355 g/mol. The molecule has 1 aromatic carbocycles. The van der Waals surface area contributed by atoms with Gasteiger partial charge in [-0.25, -0.2) is 0 Å². The third-order valence-corrected chi connectivity index (χ3v) is 5.76. The van der Waals surface area contributed by atoms with Gasteiger partial charge in [0.05, 0.1) is 17.0 Å². The van der Waals surface area contributed by atoms with E-state index in [1.54, 1.807) is 19.2 Å². The summed E-state index contributed by atoms with van der Waals surface area (Å²) in [6.07, 6.45) is 2.17. The molecular formula is C16H19ClN2O3S. The molecule has 0 aliphatic carbocycles. The SMILES string of the molecule is COC1CCN(C(=O)CC2Sc3ccc(Cl)cc3NC2=O)CC1. The van der Waals surface area contributed by atoms with Gasteiger partial charge in [0.2, 0.25) is 11.8 Å². The molecule has 2 aliphatic heterocycles. The van der Waals surface area contributed by atoms with Crippen molar-refractivity contribution in [2.24, 2.45) is 0 Å². The Hall–Kier alpha value is -1.24. The Bertz CT molecular complexity index is 617. The Balaban J connectivity index is 1.61. The smallest absolute Gasteiger partial charge is 0.238 e. The van der Waals surface area contributed by atoms with E-state index in [2.05, 4.69) is 5.32 Å². The number of hydrogen-bond donors (Lipinski definition) is 1. The van der Waals surface area contributed by atoms with Crippen LogP contribution >= 0.6 is 23.4 Å². The van der Waals surface area contributed by atoms with E-state index < -0.39 is 5.25 Å². The lowest BCUT2D eigenvalue weighted by Crippen LogP contribution is -2.43. The van der Waals surface area contributed by atoms with E-state index in [1.165, 1.54) is 11.8 Å². The number of amides is 2. The third-order valence-electron chi connectivity index (χ3n) is 4.25. The Morgan fingerprint density at radius 3 is 2.87 bits per heavy atom. The summed E-state index contributed by atoms with van der Waals surface area (Å²) in [5, 5.41) is 3.03.